The highest BCUT2D eigenvalue weighted by Crippen LogP contribution is 2.15. The van der Waals surface area contributed by atoms with Crippen LogP contribution in [0.1, 0.15) is 39.0 Å². The largest absolute Gasteiger partial charge is 0.391 e. The summed E-state index contributed by atoms with van der Waals surface area (Å²) < 4.78 is 0. The van der Waals surface area contributed by atoms with Gasteiger partial charge in [0.15, 0.2) is 0 Å². The number of aliphatic hydroxyl groups is 1. The van der Waals surface area contributed by atoms with Gasteiger partial charge in [-0.25, -0.2) is 4.79 Å². The van der Waals surface area contributed by atoms with Gasteiger partial charge in [-0.2, -0.15) is 0 Å². The maximum atomic E-state index is 11.9. The number of amides is 2. The first-order chi connectivity index (χ1) is 9.65. The first kappa shape index (κ1) is 15.6. The number of carbonyl (C=O) groups is 1. The molecule has 0 aromatic heterocycles. The zero-order valence-electron chi connectivity index (χ0n) is 12.7. The van der Waals surface area contributed by atoms with Gasteiger partial charge in [-0.05, 0) is 57.7 Å². The fraction of sp³-hybridized carbons (Fsp3) is 0.933. The quantitative estimate of drug-likeness (QED) is 0.764. The van der Waals surface area contributed by atoms with Crippen LogP contribution in [0.4, 0.5) is 4.79 Å². The topological polar surface area (TPSA) is 55.8 Å². The van der Waals surface area contributed by atoms with E-state index in [0.29, 0.717) is 6.54 Å². The molecular weight excluding hydrogens is 254 g/mol. The average Bonchev–Trinajstić information content (AvgIpc) is 2.45. The molecule has 0 aliphatic carbocycles. The maximum Gasteiger partial charge on any atom is 0.317 e. The monoisotopic (exact) mass is 283 g/mol. The van der Waals surface area contributed by atoms with Crippen molar-refractivity contribution in [3.63, 3.8) is 0 Å². The Morgan fingerprint density at radius 2 is 2.00 bits per heavy atom. The molecule has 0 bridgehead atoms. The van der Waals surface area contributed by atoms with Crippen LogP contribution in [-0.2, 0) is 0 Å². The summed E-state index contributed by atoms with van der Waals surface area (Å²) in [6.07, 6.45) is 4.99. The van der Waals surface area contributed by atoms with E-state index in [1.165, 1.54) is 25.9 Å². The Hall–Kier alpha value is -0.810. The summed E-state index contributed by atoms with van der Waals surface area (Å²) in [6, 6.07) is -0.0176. The Morgan fingerprint density at radius 3 is 2.70 bits per heavy atom. The SMILES string of the molecule is CC1CCN(CCCNC(=O)N2CCCC(O)C2)CC1. The molecule has 0 radical (unpaired) electrons. The normalized spacial score (nSPS) is 25.7. The van der Waals surface area contributed by atoms with Gasteiger partial charge in [-0.15, -0.1) is 0 Å². The van der Waals surface area contributed by atoms with E-state index >= 15 is 0 Å². The number of hydrogen-bond acceptors (Lipinski definition) is 3. The molecule has 20 heavy (non-hydrogen) atoms. The summed E-state index contributed by atoms with van der Waals surface area (Å²) in [5.74, 6) is 0.872. The molecule has 2 aliphatic heterocycles. The van der Waals surface area contributed by atoms with Crippen molar-refractivity contribution in [1.82, 2.24) is 15.1 Å². The lowest BCUT2D eigenvalue weighted by molar-refractivity contribution is 0.0841. The van der Waals surface area contributed by atoms with Gasteiger partial charge >= 0.3 is 6.03 Å². The van der Waals surface area contributed by atoms with E-state index in [1.807, 2.05) is 0 Å². The van der Waals surface area contributed by atoms with Crippen molar-refractivity contribution in [3.05, 3.63) is 0 Å². The minimum absolute atomic E-state index is 0.0176. The molecule has 2 fully saturated rings. The number of urea groups is 1. The van der Waals surface area contributed by atoms with Gasteiger partial charge in [0.25, 0.3) is 0 Å². The Bertz CT molecular complexity index is 303. The predicted molar refractivity (Wildman–Crippen MR) is 79.7 cm³/mol. The van der Waals surface area contributed by atoms with Crippen LogP contribution < -0.4 is 5.32 Å². The van der Waals surface area contributed by atoms with Crippen LogP contribution in [0.25, 0.3) is 0 Å². The number of β-amino-alcohol motifs (C(OH)–C–C–N with tert-alkyl or cyclic N) is 1. The third-order valence-electron chi connectivity index (χ3n) is 4.49. The van der Waals surface area contributed by atoms with E-state index in [2.05, 4.69) is 17.1 Å². The molecule has 2 amide bonds. The van der Waals surface area contributed by atoms with Crippen LogP contribution in [0.15, 0.2) is 0 Å². The van der Waals surface area contributed by atoms with Crippen molar-refractivity contribution in [2.24, 2.45) is 5.92 Å². The van der Waals surface area contributed by atoms with E-state index < -0.39 is 0 Å². The van der Waals surface area contributed by atoms with Crippen molar-refractivity contribution < 1.29 is 9.90 Å². The standard InChI is InChI=1S/C15H29N3O2/c1-13-5-10-17(11-6-13)8-3-7-16-15(20)18-9-2-4-14(19)12-18/h13-14,19H,2-12H2,1H3,(H,16,20). The third-order valence-corrected chi connectivity index (χ3v) is 4.49. The van der Waals surface area contributed by atoms with Crippen molar-refractivity contribution in [2.45, 2.75) is 45.1 Å². The fourth-order valence-corrected chi connectivity index (χ4v) is 3.03. The zero-order chi connectivity index (χ0) is 14.4. The molecule has 2 saturated heterocycles. The molecule has 2 heterocycles. The van der Waals surface area contributed by atoms with Crippen LogP contribution in [-0.4, -0.2) is 66.3 Å². The van der Waals surface area contributed by atoms with E-state index in [9.17, 15) is 9.90 Å². The average molecular weight is 283 g/mol. The number of aliphatic hydroxyl groups excluding tert-OH is 1. The molecular formula is C15H29N3O2. The summed E-state index contributed by atoms with van der Waals surface area (Å²) in [7, 11) is 0. The molecule has 0 spiro atoms. The highest BCUT2D eigenvalue weighted by molar-refractivity contribution is 5.74. The molecule has 2 N–H and O–H groups in total. The Morgan fingerprint density at radius 1 is 1.25 bits per heavy atom. The van der Waals surface area contributed by atoms with E-state index in [0.717, 1.165) is 44.8 Å². The van der Waals surface area contributed by atoms with Crippen molar-refractivity contribution in [2.75, 3.05) is 39.3 Å². The summed E-state index contributed by atoms with van der Waals surface area (Å²) in [5, 5.41) is 12.5. The molecule has 2 aliphatic rings. The van der Waals surface area contributed by atoms with Gasteiger partial charge in [0.1, 0.15) is 0 Å². The lowest BCUT2D eigenvalue weighted by Crippen LogP contribution is -2.47. The van der Waals surface area contributed by atoms with Gasteiger partial charge < -0.3 is 20.2 Å². The molecule has 5 nitrogen and oxygen atoms in total. The molecule has 0 aromatic carbocycles. The van der Waals surface area contributed by atoms with Gasteiger partial charge in [-0.3, -0.25) is 0 Å². The van der Waals surface area contributed by atoms with Gasteiger partial charge in [-0.1, -0.05) is 6.92 Å². The smallest absolute Gasteiger partial charge is 0.317 e. The predicted octanol–water partition coefficient (Wildman–Crippen LogP) is 1.27. The summed E-state index contributed by atoms with van der Waals surface area (Å²) in [5.41, 5.74) is 0. The summed E-state index contributed by atoms with van der Waals surface area (Å²) >= 11 is 0. The number of likely N-dealkylation sites (tertiary alicyclic amines) is 2. The van der Waals surface area contributed by atoms with Crippen molar-refractivity contribution in [3.8, 4) is 0 Å². The minimum Gasteiger partial charge on any atom is -0.391 e. The second-order valence-corrected chi connectivity index (χ2v) is 6.35. The number of nitrogens with zero attached hydrogens (tertiary/aromatic N) is 2. The van der Waals surface area contributed by atoms with Gasteiger partial charge in [0.05, 0.1) is 6.10 Å². The highest BCUT2D eigenvalue weighted by Gasteiger charge is 2.21. The highest BCUT2D eigenvalue weighted by atomic mass is 16.3. The number of hydrogen-bond donors (Lipinski definition) is 2. The van der Waals surface area contributed by atoms with Crippen LogP contribution in [0.5, 0.6) is 0 Å². The maximum absolute atomic E-state index is 11.9. The molecule has 1 atom stereocenters. The van der Waals surface area contributed by atoms with Gasteiger partial charge in [0, 0.05) is 19.6 Å². The zero-order valence-corrected chi connectivity index (χ0v) is 12.7. The van der Waals surface area contributed by atoms with E-state index in [4.69, 9.17) is 0 Å². The first-order valence-electron chi connectivity index (χ1n) is 8.08. The first-order valence-corrected chi connectivity index (χ1v) is 8.08. The number of piperidine rings is 2. The molecule has 116 valence electrons. The Labute approximate surface area is 122 Å². The number of nitrogens with one attached hydrogen (secondary N) is 1. The minimum atomic E-state index is -0.343. The lowest BCUT2D eigenvalue weighted by atomic mass is 9.99. The van der Waals surface area contributed by atoms with Crippen LogP contribution in [0.3, 0.4) is 0 Å². The lowest BCUT2D eigenvalue weighted by Gasteiger charge is -2.31. The third kappa shape index (κ3) is 4.94. The molecule has 0 aromatic rings. The van der Waals surface area contributed by atoms with Gasteiger partial charge in [0.2, 0.25) is 0 Å². The summed E-state index contributed by atoms with van der Waals surface area (Å²) in [4.78, 5) is 16.2. The van der Waals surface area contributed by atoms with Crippen molar-refractivity contribution >= 4 is 6.03 Å². The second kappa shape index (κ2) is 7.84. The van der Waals surface area contributed by atoms with Crippen LogP contribution in [0.2, 0.25) is 0 Å². The molecule has 0 saturated carbocycles. The second-order valence-electron chi connectivity index (χ2n) is 6.35. The Kier molecular flexibility index (Phi) is 6.10. The molecule has 1 unspecified atom stereocenters. The molecule has 2 rings (SSSR count). The van der Waals surface area contributed by atoms with E-state index in [1.54, 1.807) is 4.90 Å². The van der Waals surface area contributed by atoms with E-state index in [-0.39, 0.29) is 12.1 Å². The number of carbonyl (C=O) groups excluding carboxylic acids is 1. The molecule has 5 heteroatoms. The fourth-order valence-electron chi connectivity index (χ4n) is 3.03. The van der Waals surface area contributed by atoms with Crippen molar-refractivity contribution in [1.29, 1.82) is 0 Å². The number of rotatable bonds is 4. The summed E-state index contributed by atoms with van der Waals surface area (Å²) in [6.45, 7) is 7.79. The van der Waals surface area contributed by atoms with Crippen LogP contribution >= 0.6 is 0 Å². The van der Waals surface area contributed by atoms with Crippen LogP contribution in [0, 0.1) is 5.92 Å². The Balaban J connectivity index is 1.55.